The lowest BCUT2D eigenvalue weighted by molar-refractivity contribution is 0.173. The van der Waals surface area contributed by atoms with Crippen molar-refractivity contribution in [3.05, 3.63) is 52.2 Å². The Morgan fingerprint density at radius 1 is 1.24 bits per heavy atom. The third kappa shape index (κ3) is 2.41. The molecule has 2 aromatic rings. The van der Waals surface area contributed by atoms with E-state index in [-0.39, 0.29) is 6.10 Å². The fourth-order valence-corrected chi connectivity index (χ4v) is 4.25. The molecular formula is C14H14OS2. The highest BCUT2D eigenvalue weighted by Crippen LogP contribution is 2.39. The number of fused-ring (bicyclic) bond motifs is 1. The van der Waals surface area contributed by atoms with Gasteiger partial charge in [-0.3, -0.25) is 0 Å². The first-order valence-electron chi connectivity index (χ1n) is 5.78. The van der Waals surface area contributed by atoms with Gasteiger partial charge in [-0.2, -0.15) is 0 Å². The van der Waals surface area contributed by atoms with Crippen molar-refractivity contribution in [2.24, 2.45) is 0 Å². The third-order valence-corrected chi connectivity index (χ3v) is 5.43. The number of thiophene rings is 1. The summed E-state index contributed by atoms with van der Waals surface area (Å²) in [5.41, 5.74) is 1.38. The molecule has 3 heteroatoms. The van der Waals surface area contributed by atoms with Crippen LogP contribution in [0.5, 0.6) is 0 Å². The monoisotopic (exact) mass is 262 g/mol. The molecule has 2 unspecified atom stereocenters. The Morgan fingerprint density at radius 2 is 2.12 bits per heavy atom. The van der Waals surface area contributed by atoms with Gasteiger partial charge in [0, 0.05) is 21.4 Å². The lowest BCUT2D eigenvalue weighted by Gasteiger charge is -2.15. The summed E-state index contributed by atoms with van der Waals surface area (Å²) < 4.78 is 0. The highest BCUT2D eigenvalue weighted by atomic mass is 32.2. The molecule has 1 N–H and O–H groups in total. The summed E-state index contributed by atoms with van der Waals surface area (Å²) >= 11 is 3.55. The molecule has 0 aliphatic carbocycles. The molecule has 0 radical (unpaired) electrons. The van der Waals surface area contributed by atoms with Crippen LogP contribution in [0.4, 0.5) is 0 Å². The van der Waals surface area contributed by atoms with Crippen LogP contribution in [0, 0.1) is 0 Å². The van der Waals surface area contributed by atoms with E-state index in [9.17, 15) is 5.11 Å². The quantitative estimate of drug-likeness (QED) is 0.915. The van der Waals surface area contributed by atoms with Crippen molar-refractivity contribution in [2.75, 3.05) is 0 Å². The van der Waals surface area contributed by atoms with Crippen molar-refractivity contribution in [1.29, 1.82) is 0 Å². The summed E-state index contributed by atoms with van der Waals surface area (Å²) in [6.45, 7) is 0. The summed E-state index contributed by atoms with van der Waals surface area (Å²) in [4.78, 5) is 2.61. The van der Waals surface area contributed by atoms with Crippen LogP contribution in [0.15, 0.2) is 46.7 Å². The Hall–Kier alpha value is -0.770. The van der Waals surface area contributed by atoms with Crippen LogP contribution in [0.25, 0.3) is 0 Å². The van der Waals surface area contributed by atoms with Crippen molar-refractivity contribution in [2.45, 2.75) is 29.1 Å². The predicted octanol–water partition coefficient (Wildman–Crippen LogP) is 3.37. The van der Waals surface area contributed by atoms with Gasteiger partial charge in [0.05, 0.1) is 6.10 Å². The van der Waals surface area contributed by atoms with Crippen molar-refractivity contribution in [1.82, 2.24) is 0 Å². The van der Waals surface area contributed by atoms with E-state index in [1.165, 1.54) is 15.3 Å². The molecule has 0 saturated heterocycles. The van der Waals surface area contributed by atoms with Crippen molar-refractivity contribution < 1.29 is 5.11 Å². The maximum Gasteiger partial charge on any atom is 0.0713 e. The van der Waals surface area contributed by atoms with Crippen LogP contribution in [0.3, 0.4) is 0 Å². The van der Waals surface area contributed by atoms with E-state index in [0.29, 0.717) is 5.25 Å². The normalized spacial score (nSPS) is 20.2. The second-order valence-electron chi connectivity index (χ2n) is 4.32. The number of hydrogen-bond donors (Lipinski definition) is 1. The first-order valence-corrected chi connectivity index (χ1v) is 7.54. The lowest BCUT2D eigenvalue weighted by Crippen LogP contribution is -2.24. The molecule has 0 saturated carbocycles. The van der Waals surface area contributed by atoms with Crippen LogP contribution >= 0.6 is 23.1 Å². The van der Waals surface area contributed by atoms with Crippen LogP contribution < -0.4 is 0 Å². The second-order valence-corrected chi connectivity index (χ2v) is 6.63. The van der Waals surface area contributed by atoms with Crippen LogP contribution in [-0.2, 0) is 12.8 Å². The molecule has 17 heavy (non-hydrogen) atoms. The lowest BCUT2D eigenvalue weighted by atomic mass is 10.0. The molecular weight excluding hydrogens is 248 g/mol. The topological polar surface area (TPSA) is 20.2 Å². The zero-order valence-electron chi connectivity index (χ0n) is 9.37. The van der Waals surface area contributed by atoms with Crippen LogP contribution in [-0.4, -0.2) is 16.5 Å². The van der Waals surface area contributed by atoms with Gasteiger partial charge in [0.2, 0.25) is 0 Å². The molecule has 3 rings (SSSR count). The maximum atomic E-state index is 10.3. The average molecular weight is 262 g/mol. The van der Waals surface area contributed by atoms with Gasteiger partial charge >= 0.3 is 0 Å². The van der Waals surface area contributed by atoms with Gasteiger partial charge in [0.1, 0.15) is 0 Å². The van der Waals surface area contributed by atoms with Gasteiger partial charge in [-0.1, -0.05) is 24.3 Å². The minimum Gasteiger partial charge on any atom is -0.392 e. The number of hydrogen-bond acceptors (Lipinski definition) is 3. The molecule has 0 spiro atoms. The van der Waals surface area contributed by atoms with E-state index in [2.05, 4.69) is 35.7 Å². The number of thioether (sulfide) groups is 1. The Balaban J connectivity index is 1.68. The number of benzene rings is 1. The van der Waals surface area contributed by atoms with Gasteiger partial charge < -0.3 is 5.11 Å². The summed E-state index contributed by atoms with van der Waals surface area (Å²) in [6.07, 6.45) is 1.53. The minimum atomic E-state index is -0.244. The molecule has 2 atom stereocenters. The number of aliphatic hydroxyl groups is 1. The number of aliphatic hydroxyl groups excluding tert-OH is 1. The highest BCUT2D eigenvalue weighted by molar-refractivity contribution is 8.00. The van der Waals surface area contributed by atoms with Crippen molar-refractivity contribution in [3.8, 4) is 0 Å². The fraction of sp³-hybridized carbons (Fsp3) is 0.286. The minimum absolute atomic E-state index is 0.244. The average Bonchev–Trinajstić information content (AvgIpc) is 2.96. The van der Waals surface area contributed by atoms with Crippen molar-refractivity contribution in [3.63, 3.8) is 0 Å². The number of rotatable bonds is 3. The Morgan fingerprint density at radius 3 is 2.88 bits per heavy atom. The molecule has 0 bridgehead atoms. The molecule has 1 nitrogen and oxygen atoms in total. The van der Waals surface area contributed by atoms with E-state index in [4.69, 9.17) is 0 Å². The Labute approximate surface area is 110 Å². The maximum absolute atomic E-state index is 10.3. The first kappa shape index (κ1) is 11.3. The zero-order valence-corrected chi connectivity index (χ0v) is 11.0. The molecule has 88 valence electrons. The molecule has 1 aliphatic rings. The van der Waals surface area contributed by atoms with Gasteiger partial charge in [-0.25, -0.2) is 0 Å². The van der Waals surface area contributed by atoms with E-state index in [1.807, 2.05) is 17.8 Å². The molecule has 2 heterocycles. The Kier molecular flexibility index (Phi) is 3.23. The summed E-state index contributed by atoms with van der Waals surface area (Å²) in [5, 5.41) is 12.7. The van der Waals surface area contributed by atoms with E-state index in [1.54, 1.807) is 11.3 Å². The molecule has 1 aromatic heterocycles. The summed E-state index contributed by atoms with van der Waals surface area (Å²) in [6, 6.07) is 12.6. The zero-order chi connectivity index (χ0) is 11.7. The second kappa shape index (κ2) is 4.84. The first-order chi connectivity index (χ1) is 8.33. The SMILES string of the molecule is OC(Cc1cccs1)C1Cc2ccccc2S1. The predicted molar refractivity (Wildman–Crippen MR) is 73.8 cm³/mol. The van der Waals surface area contributed by atoms with Crippen molar-refractivity contribution >= 4 is 23.1 Å². The third-order valence-electron chi connectivity index (χ3n) is 3.09. The van der Waals surface area contributed by atoms with Gasteiger partial charge in [-0.05, 0) is 29.5 Å². The van der Waals surface area contributed by atoms with E-state index >= 15 is 0 Å². The van der Waals surface area contributed by atoms with Gasteiger partial charge in [0.15, 0.2) is 0 Å². The fourth-order valence-electron chi connectivity index (χ4n) is 2.19. The summed E-state index contributed by atoms with van der Waals surface area (Å²) in [5.74, 6) is 0. The molecule has 1 aliphatic heterocycles. The molecule has 0 fully saturated rings. The highest BCUT2D eigenvalue weighted by Gasteiger charge is 2.28. The van der Waals surface area contributed by atoms with Gasteiger partial charge in [-0.15, -0.1) is 23.1 Å². The van der Waals surface area contributed by atoms with E-state index in [0.717, 1.165) is 12.8 Å². The Bertz CT molecular complexity index is 468. The van der Waals surface area contributed by atoms with Crippen LogP contribution in [0.2, 0.25) is 0 Å². The van der Waals surface area contributed by atoms with Crippen LogP contribution in [0.1, 0.15) is 10.4 Å². The molecule has 1 aromatic carbocycles. The largest absolute Gasteiger partial charge is 0.392 e. The van der Waals surface area contributed by atoms with E-state index < -0.39 is 0 Å². The molecule has 0 amide bonds. The van der Waals surface area contributed by atoms with Gasteiger partial charge in [0.25, 0.3) is 0 Å². The summed E-state index contributed by atoms with van der Waals surface area (Å²) in [7, 11) is 0. The standard InChI is InChI=1S/C14H14OS2/c15-12(9-11-5-3-7-16-11)14-8-10-4-1-2-6-13(10)17-14/h1-7,12,14-15H,8-9H2. The smallest absolute Gasteiger partial charge is 0.0713 e.